The van der Waals surface area contributed by atoms with Crippen molar-refractivity contribution in [2.45, 2.75) is 0 Å². The first-order valence-corrected chi connectivity index (χ1v) is 9.72. The third-order valence-electron chi connectivity index (χ3n) is 4.26. The van der Waals surface area contributed by atoms with Gasteiger partial charge in [-0.25, -0.2) is 4.98 Å². The molecule has 0 fully saturated rings. The van der Waals surface area contributed by atoms with Crippen LogP contribution in [0.4, 0.5) is 0 Å². The molecule has 0 spiro atoms. The monoisotopic (exact) mass is 365 g/mol. The fourth-order valence-electron chi connectivity index (χ4n) is 3.05. The van der Waals surface area contributed by atoms with Crippen LogP contribution < -0.4 is 9.47 Å². The first kappa shape index (κ1) is 16.7. The molecule has 0 aliphatic heterocycles. The topological polar surface area (TPSA) is 60.0 Å². The molecule has 0 radical (unpaired) electrons. The maximum absolute atomic E-state index is 5.94. The fraction of sp³-hybridized carbons (Fsp3) is 0.200. The molecule has 132 valence electrons. The van der Waals surface area contributed by atoms with Crippen LogP contribution in [0.1, 0.15) is 0 Å². The van der Waals surface area contributed by atoms with Crippen LogP contribution in [0, 0.1) is 0 Å². The number of hydrogen-bond acceptors (Lipinski definition) is 5. The quantitative estimate of drug-likeness (QED) is 0.509. The molecule has 5 nitrogen and oxygen atoms in total. The summed E-state index contributed by atoms with van der Waals surface area (Å²) >= 11 is 1.77. The average Bonchev–Trinajstić information content (AvgIpc) is 3.11. The lowest BCUT2D eigenvalue weighted by Gasteiger charge is -2.13. The predicted molar refractivity (Wildman–Crippen MR) is 107 cm³/mol. The van der Waals surface area contributed by atoms with Gasteiger partial charge in [0, 0.05) is 22.7 Å². The van der Waals surface area contributed by atoms with E-state index < -0.39 is 0 Å². The van der Waals surface area contributed by atoms with Crippen LogP contribution in [0.5, 0.6) is 11.5 Å². The van der Waals surface area contributed by atoms with Crippen molar-refractivity contribution >= 4 is 33.6 Å². The van der Waals surface area contributed by atoms with E-state index in [1.807, 2.05) is 30.3 Å². The van der Waals surface area contributed by atoms with Gasteiger partial charge in [0.2, 0.25) is 0 Å². The van der Waals surface area contributed by atoms with Gasteiger partial charge in [0.25, 0.3) is 0 Å². The summed E-state index contributed by atoms with van der Waals surface area (Å²) in [7, 11) is 1.68. The summed E-state index contributed by atoms with van der Waals surface area (Å²) in [6, 6.07) is 12.0. The SMILES string of the molecule is COc1c(-c2nc3ccncc3[nH]2)ccc2c(OCCSC)cccc12. The van der Waals surface area contributed by atoms with Gasteiger partial charge in [-0.15, -0.1) is 0 Å². The third-order valence-corrected chi connectivity index (χ3v) is 4.83. The van der Waals surface area contributed by atoms with Crippen molar-refractivity contribution in [1.29, 1.82) is 0 Å². The zero-order valence-corrected chi connectivity index (χ0v) is 15.5. The van der Waals surface area contributed by atoms with Gasteiger partial charge in [-0.2, -0.15) is 11.8 Å². The lowest BCUT2D eigenvalue weighted by molar-refractivity contribution is 0.348. The number of aromatic nitrogens is 3. The highest BCUT2D eigenvalue weighted by Crippen LogP contribution is 2.39. The minimum absolute atomic E-state index is 0.681. The Labute approximate surface area is 155 Å². The van der Waals surface area contributed by atoms with E-state index >= 15 is 0 Å². The maximum atomic E-state index is 5.94. The van der Waals surface area contributed by atoms with Crippen LogP contribution in [0.3, 0.4) is 0 Å². The molecule has 0 saturated carbocycles. The summed E-state index contributed by atoms with van der Waals surface area (Å²) in [6.45, 7) is 0.681. The summed E-state index contributed by atoms with van der Waals surface area (Å²) in [5.41, 5.74) is 2.70. The highest BCUT2D eigenvalue weighted by molar-refractivity contribution is 7.98. The molecule has 4 aromatic rings. The van der Waals surface area contributed by atoms with Gasteiger partial charge in [-0.05, 0) is 30.5 Å². The second-order valence-corrected chi connectivity index (χ2v) is 6.80. The summed E-state index contributed by atoms with van der Waals surface area (Å²) in [4.78, 5) is 12.1. The van der Waals surface area contributed by atoms with Crippen LogP contribution in [-0.2, 0) is 0 Å². The second kappa shape index (κ2) is 7.25. The molecule has 0 bridgehead atoms. The molecule has 0 aliphatic carbocycles. The number of hydrogen-bond donors (Lipinski definition) is 1. The third kappa shape index (κ3) is 2.97. The molecular weight excluding hydrogens is 346 g/mol. The van der Waals surface area contributed by atoms with Crippen molar-refractivity contribution in [1.82, 2.24) is 15.0 Å². The number of nitrogens with zero attached hydrogens (tertiary/aromatic N) is 2. The Hall–Kier alpha value is -2.73. The number of aromatic amines is 1. The van der Waals surface area contributed by atoms with Crippen molar-refractivity contribution in [2.75, 3.05) is 25.7 Å². The van der Waals surface area contributed by atoms with E-state index in [2.05, 4.69) is 27.3 Å². The lowest BCUT2D eigenvalue weighted by Crippen LogP contribution is -2.00. The van der Waals surface area contributed by atoms with Crippen LogP contribution in [0.15, 0.2) is 48.8 Å². The van der Waals surface area contributed by atoms with Gasteiger partial charge in [-0.3, -0.25) is 4.98 Å². The molecule has 0 saturated heterocycles. The zero-order valence-electron chi connectivity index (χ0n) is 14.7. The second-order valence-electron chi connectivity index (χ2n) is 5.82. The molecule has 0 aliphatic rings. The molecule has 2 aromatic heterocycles. The Morgan fingerprint density at radius 2 is 2.04 bits per heavy atom. The minimum atomic E-state index is 0.681. The zero-order chi connectivity index (χ0) is 17.9. The van der Waals surface area contributed by atoms with Gasteiger partial charge in [-0.1, -0.05) is 12.1 Å². The molecule has 0 unspecified atom stereocenters. The number of H-pyrrole nitrogens is 1. The Morgan fingerprint density at radius 1 is 1.12 bits per heavy atom. The number of fused-ring (bicyclic) bond motifs is 2. The van der Waals surface area contributed by atoms with E-state index in [1.54, 1.807) is 31.3 Å². The van der Waals surface area contributed by atoms with Crippen LogP contribution >= 0.6 is 11.8 Å². The molecule has 6 heteroatoms. The smallest absolute Gasteiger partial charge is 0.142 e. The van der Waals surface area contributed by atoms with Gasteiger partial charge in [0.05, 0.1) is 36.5 Å². The van der Waals surface area contributed by atoms with E-state index in [0.29, 0.717) is 6.61 Å². The molecule has 0 atom stereocenters. The van der Waals surface area contributed by atoms with Crippen LogP contribution in [0.2, 0.25) is 0 Å². The van der Waals surface area contributed by atoms with Gasteiger partial charge < -0.3 is 14.5 Å². The summed E-state index contributed by atoms with van der Waals surface area (Å²) < 4.78 is 11.7. The Balaban J connectivity index is 1.83. The number of thioether (sulfide) groups is 1. The fourth-order valence-corrected chi connectivity index (χ4v) is 3.30. The summed E-state index contributed by atoms with van der Waals surface area (Å²) in [6.07, 6.45) is 5.59. The number of methoxy groups -OCH3 is 1. The molecule has 4 rings (SSSR count). The van der Waals surface area contributed by atoms with Crippen LogP contribution in [0.25, 0.3) is 33.2 Å². The Kier molecular flexibility index (Phi) is 4.67. The van der Waals surface area contributed by atoms with Crippen molar-refractivity contribution in [2.24, 2.45) is 0 Å². The molecule has 26 heavy (non-hydrogen) atoms. The highest BCUT2D eigenvalue weighted by atomic mass is 32.2. The van der Waals surface area contributed by atoms with E-state index in [0.717, 1.165) is 50.4 Å². The lowest BCUT2D eigenvalue weighted by atomic mass is 10.0. The minimum Gasteiger partial charge on any atom is -0.495 e. The van der Waals surface area contributed by atoms with Gasteiger partial charge >= 0.3 is 0 Å². The normalized spacial score (nSPS) is 11.2. The van der Waals surface area contributed by atoms with Crippen LogP contribution in [-0.4, -0.2) is 40.7 Å². The number of ether oxygens (including phenoxy) is 2. The van der Waals surface area contributed by atoms with Crippen molar-refractivity contribution in [3.05, 3.63) is 48.8 Å². The van der Waals surface area contributed by atoms with E-state index in [1.165, 1.54) is 0 Å². The van der Waals surface area contributed by atoms with E-state index in [-0.39, 0.29) is 0 Å². The van der Waals surface area contributed by atoms with Gasteiger partial charge in [0.1, 0.15) is 17.3 Å². The Bertz CT molecular complexity index is 1030. The molecule has 2 heterocycles. The number of rotatable bonds is 6. The standard InChI is InChI=1S/C20H19N3O2S/c1-24-19-14-4-3-5-18(25-10-11-26-2)13(14)6-7-15(19)20-22-16-8-9-21-12-17(16)23-20/h3-9,12H,10-11H2,1-2H3,(H,22,23). The first-order chi connectivity index (χ1) is 12.8. The summed E-state index contributed by atoms with van der Waals surface area (Å²) in [5.74, 6) is 3.37. The van der Waals surface area contributed by atoms with Crippen molar-refractivity contribution in [3.8, 4) is 22.9 Å². The molecular formula is C20H19N3O2S. The first-order valence-electron chi connectivity index (χ1n) is 8.33. The maximum Gasteiger partial charge on any atom is 0.142 e. The number of benzene rings is 2. The highest BCUT2D eigenvalue weighted by Gasteiger charge is 2.15. The largest absolute Gasteiger partial charge is 0.495 e. The Morgan fingerprint density at radius 3 is 2.85 bits per heavy atom. The number of pyridine rings is 1. The molecule has 1 N–H and O–H groups in total. The van der Waals surface area contributed by atoms with Crippen molar-refractivity contribution in [3.63, 3.8) is 0 Å². The van der Waals surface area contributed by atoms with Crippen molar-refractivity contribution < 1.29 is 9.47 Å². The van der Waals surface area contributed by atoms with E-state index in [9.17, 15) is 0 Å². The number of imidazole rings is 1. The molecule has 2 aromatic carbocycles. The van der Waals surface area contributed by atoms with E-state index in [4.69, 9.17) is 9.47 Å². The predicted octanol–water partition coefficient (Wildman–Crippen LogP) is 4.53. The van der Waals surface area contributed by atoms with Gasteiger partial charge in [0.15, 0.2) is 0 Å². The summed E-state index contributed by atoms with van der Waals surface area (Å²) in [5, 5.41) is 2.04. The molecule has 0 amide bonds. The number of nitrogens with one attached hydrogen (secondary N) is 1. The average molecular weight is 365 g/mol.